The van der Waals surface area contributed by atoms with Gasteiger partial charge in [-0.3, -0.25) is 19.6 Å². The summed E-state index contributed by atoms with van der Waals surface area (Å²) >= 11 is 0. The summed E-state index contributed by atoms with van der Waals surface area (Å²) in [5, 5.41) is 13.3. The highest BCUT2D eigenvalue weighted by Gasteiger charge is 2.20. The first-order valence-electron chi connectivity index (χ1n) is 6.55. The normalized spacial score (nSPS) is 13.3. The van der Waals surface area contributed by atoms with Crippen LogP contribution in [0.3, 0.4) is 0 Å². The molecule has 1 aliphatic heterocycles. The van der Waals surface area contributed by atoms with Crippen molar-refractivity contribution in [1.82, 2.24) is 0 Å². The molecule has 0 bridgehead atoms. The van der Waals surface area contributed by atoms with Crippen molar-refractivity contribution in [1.29, 1.82) is 0 Å². The van der Waals surface area contributed by atoms with E-state index < -0.39 is 14.9 Å². The number of nitro benzene ring substituents is 1. The standard InChI is InChI=1S/C14H11N3O5S/c18-14-8-9-7-10(1-6-13(9)15-14)16-23(21,22)12-4-2-11(3-5-12)17(19)20/h1-7,16H,8H2,(H,15,18). The van der Waals surface area contributed by atoms with E-state index >= 15 is 0 Å². The second-order valence-corrected chi connectivity index (χ2v) is 6.64. The monoisotopic (exact) mass is 333 g/mol. The van der Waals surface area contributed by atoms with Crippen LogP contribution in [0.4, 0.5) is 17.1 Å². The molecule has 8 nitrogen and oxygen atoms in total. The van der Waals surface area contributed by atoms with Crippen molar-refractivity contribution < 1.29 is 18.1 Å². The Morgan fingerprint density at radius 3 is 2.48 bits per heavy atom. The smallest absolute Gasteiger partial charge is 0.269 e. The van der Waals surface area contributed by atoms with Gasteiger partial charge in [0, 0.05) is 23.5 Å². The summed E-state index contributed by atoms with van der Waals surface area (Å²) in [7, 11) is -3.86. The van der Waals surface area contributed by atoms with E-state index in [-0.39, 0.29) is 22.9 Å². The number of benzene rings is 2. The molecule has 23 heavy (non-hydrogen) atoms. The van der Waals surface area contributed by atoms with Crippen LogP contribution in [-0.2, 0) is 21.2 Å². The second-order valence-electron chi connectivity index (χ2n) is 4.95. The molecular formula is C14H11N3O5S. The van der Waals surface area contributed by atoms with Crippen LogP contribution >= 0.6 is 0 Å². The van der Waals surface area contributed by atoms with E-state index in [1.54, 1.807) is 12.1 Å². The molecule has 2 aromatic carbocycles. The lowest BCUT2D eigenvalue weighted by Crippen LogP contribution is -2.13. The fourth-order valence-corrected chi connectivity index (χ4v) is 3.30. The lowest BCUT2D eigenvalue weighted by molar-refractivity contribution is -0.384. The molecule has 0 spiro atoms. The number of amides is 1. The number of sulfonamides is 1. The molecule has 3 rings (SSSR count). The van der Waals surface area contributed by atoms with E-state index in [4.69, 9.17) is 0 Å². The van der Waals surface area contributed by atoms with Gasteiger partial charge in [-0.05, 0) is 35.9 Å². The minimum atomic E-state index is -3.86. The third-order valence-electron chi connectivity index (χ3n) is 3.34. The van der Waals surface area contributed by atoms with Crippen LogP contribution in [0.1, 0.15) is 5.56 Å². The van der Waals surface area contributed by atoms with E-state index in [0.717, 1.165) is 12.1 Å². The lowest BCUT2D eigenvalue weighted by atomic mass is 10.1. The molecule has 0 aromatic heterocycles. The minimum Gasteiger partial charge on any atom is -0.326 e. The average molecular weight is 333 g/mol. The summed E-state index contributed by atoms with van der Waals surface area (Å²) in [4.78, 5) is 21.2. The maximum atomic E-state index is 12.3. The number of non-ortho nitro benzene ring substituents is 1. The molecule has 0 saturated carbocycles. The predicted molar refractivity (Wildman–Crippen MR) is 82.7 cm³/mol. The zero-order chi connectivity index (χ0) is 16.6. The zero-order valence-electron chi connectivity index (χ0n) is 11.6. The highest BCUT2D eigenvalue weighted by molar-refractivity contribution is 7.92. The summed E-state index contributed by atoms with van der Waals surface area (Å²) in [6.07, 6.45) is 0.197. The largest absolute Gasteiger partial charge is 0.326 e. The van der Waals surface area contributed by atoms with Gasteiger partial charge in [-0.15, -0.1) is 0 Å². The van der Waals surface area contributed by atoms with E-state index in [9.17, 15) is 23.3 Å². The molecule has 9 heteroatoms. The third kappa shape index (κ3) is 2.99. The number of nitro groups is 1. The van der Waals surface area contributed by atoms with Crippen LogP contribution in [0.15, 0.2) is 47.4 Å². The predicted octanol–water partition coefficient (Wildman–Crippen LogP) is 1.89. The van der Waals surface area contributed by atoms with Crippen molar-refractivity contribution >= 4 is 33.0 Å². The lowest BCUT2D eigenvalue weighted by Gasteiger charge is -2.09. The SMILES string of the molecule is O=C1Cc2cc(NS(=O)(=O)c3ccc([N+](=O)[O-])cc3)ccc2N1. The minimum absolute atomic E-state index is 0.0854. The molecule has 0 aliphatic carbocycles. The van der Waals surface area contributed by atoms with Gasteiger partial charge in [0.2, 0.25) is 5.91 Å². The summed E-state index contributed by atoms with van der Waals surface area (Å²) < 4.78 is 27.0. The summed E-state index contributed by atoms with van der Waals surface area (Å²) in [5.74, 6) is -0.143. The van der Waals surface area contributed by atoms with Crippen LogP contribution in [0, 0.1) is 10.1 Å². The Morgan fingerprint density at radius 1 is 1.13 bits per heavy atom. The maximum absolute atomic E-state index is 12.3. The first-order chi connectivity index (χ1) is 10.8. The second kappa shape index (κ2) is 5.36. The zero-order valence-corrected chi connectivity index (χ0v) is 12.5. The number of rotatable bonds is 4. The number of anilines is 2. The molecule has 0 fully saturated rings. The number of carbonyl (C=O) groups excluding carboxylic acids is 1. The molecule has 2 aromatic rings. The molecule has 0 atom stereocenters. The maximum Gasteiger partial charge on any atom is 0.269 e. The van der Waals surface area contributed by atoms with Crippen molar-refractivity contribution in [3.63, 3.8) is 0 Å². The highest BCUT2D eigenvalue weighted by atomic mass is 32.2. The van der Waals surface area contributed by atoms with Crippen LogP contribution < -0.4 is 10.0 Å². The molecule has 118 valence electrons. The van der Waals surface area contributed by atoms with E-state index in [1.807, 2.05) is 0 Å². The van der Waals surface area contributed by atoms with Gasteiger partial charge in [-0.1, -0.05) is 0 Å². The Bertz CT molecular complexity index is 907. The number of fused-ring (bicyclic) bond motifs is 1. The highest BCUT2D eigenvalue weighted by Crippen LogP contribution is 2.27. The van der Waals surface area contributed by atoms with Crippen LogP contribution in [0.5, 0.6) is 0 Å². The fourth-order valence-electron chi connectivity index (χ4n) is 2.25. The van der Waals surface area contributed by atoms with E-state index in [1.165, 1.54) is 18.2 Å². The Hall–Kier alpha value is -2.94. The topological polar surface area (TPSA) is 118 Å². The number of nitrogens with zero attached hydrogens (tertiary/aromatic N) is 1. The number of carbonyl (C=O) groups is 1. The van der Waals surface area contributed by atoms with E-state index in [2.05, 4.69) is 10.0 Å². The quantitative estimate of drug-likeness (QED) is 0.654. The molecule has 0 saturated heterocycles. The Kier molecular flexibility index (Phi) is 3.49. The Balaban J connectivity index is 1.85. The summed E-state index contributed by atoms with van der Waals surface area (Å²) in [5.41, 5.74) is 1.50. The van der Waals surface area contributed by atoms with Crippen LogP contribution in [0.25, 0.3) is 0 Å². The summed E-state index contributed by atoms with van der Waals surface area (Å²) in [6, 6.07) is 9.31. The molecule has 1 amide bonds. The van der Waals surface area contributed by atoms with Gasteiger partial charge < -0.3 is 5.32 Å². The average Bonchev–Trinajstić information content (AvgIpc) is 2.86. The molecule has 2 N–H and O–H groups in total. The van der Waals surface area contributed by atoms with E-state index in [0.29, 0.717) is 16.9 Å². The Morgan fingerprint density at radius 2 is 1.83 bits per heavy atom. The molecule has 1 heterocycles. The Labute approximate surface area is 131 Å². The molecule has 1 aliphatic rings. The van der Waals surface area contributed by atoms with Crippen LogP contribution in [0.2, 0.25) is 0 Å². The molecular weight excluding hydrogens is 322 g/mol. The number of hydrogen-bond acceptors (Lipinski definition) is 5. The van der Waals surface area contributed by atoms with Crippen molar-refractivity contribution in [2.75, 3.05) is 10.0 Å². The summed E-state index contributed by atoms with van der Waals surface area (Å²) in [6.45, 7) is 0. The fraction of sp³-hybridized carbons (Fsp3) is 0.0714. The molecule has 0 unspecified atom stereocenters. The van der Waals surface area contributed by atoms with Crippen molar-refractivity contribution in [2.45, 2.75) is 11.3 Å². The van der Waals surface area contributed by atoms with Gasteiger partial charge in [0.25, 0.3) is 15.7 Å². The first-order valence-corrected chi connectivity index (χ1v) is 8.03. The van der Waals surface area contributed by atoms with Crippen molar-refractivity contribution in [2.24, 2.45) is 0 Å². The van der Waals surface area contributed by atoms with Crippen LogP contribution in [-0.4, -0.2) is 19.2 Å². The first kappa shape index (κ1) is 15.0. The van der Waals surface area contributed by atoms with Gasteiger partial charge in [-0.25, -0.2) is 8.42 Å². The van der Waals surface area contributed by atoms with Crippen molar-refractivity contribution in [3.8, 4) is 0 Å². The van der Waals surface area contributed by atoms with Gasteiger partial charge >= 0.3 is 0 Å². The number of nitrogens with one attached hydrogen (secondary N) is 2. The van der Waals surface area contributed by atoms with Gasteiger partial charge in [0.1, 0.15) is 0 Å². The van der Waals surface area contributed by atoms with Gasteiger partial charge in [0.15, 0.2) is 0 Å². The van der Waals surface area contributed by atoms with Crippen molar-refractivity contribution in [3.05, 3.63) is 58.1 Å². The van der Waals surface area contributed by atoms with Gasteiger partial charge in [-0.2, -0.15) is 0 Å². The van der Waals surface area contributed by atoms with Gasteiger partial charge in [0.05, 0.1) is 16.2 Å². The third-order valence-corrected chi connectivity index (χ3v) is 4.74. The number of hydrogen-bond donors (Lipinski definition) is 2. The molecule has 0 radical (unpaired) electrons.